The fourth-order valence-corrected chi connectivity index (χ4v) is 4.55. The summed E-state index contributed by atoms with van der Waals surface area (Å²) in [7, 11) is 4.71. The van der Waals surface area contributed by atoms with Crippen LogP contribution in [0.1, 0.15) is 18.5 Å². The highest BCUT2D eigenvalue weighted by molar-refractivity contribution is 6.06. The molecule has 0 saturated heterocycles. The van der Waals surface area contributed by atoms with Crippen molar-refractivity contribution in [1.29, 1.82) is 0 Å². The topological polar surface area (TPSA) is 86.6 Å². The van der Waals surface area contributed by atoms with E-state index in [2.05, 4.69) is 10.6 Å². The number of amides is 1. The van der Waals surface area contributed by atoms with Gasteiger partial charge in [0.15, 0.2) is 11.5 Å². The average Bonchev–Trinajstić information content (AvgIpc) is 3.25. The largest absolute Gasteiger partial charge is 0.493 e. The predicted octanol–water partition coefficient (Wildman–Crippen LogP) is 4.99. The van der Waals surface area contributed by atoms with Crippen molar-refractivity contribution in [3.05, 3.63) is 83.6 Å². The maximum Gasteiger partial charge on any atom is 0.255 e. The number of nitrogens with zero attached hydrogens (tertiary/aromatic N) is 2. The molecule has 1 atom stereocenters. The number of carbonyl (C=O) groups is 1. The summed E-state index contributed by atoms with van der Waals surface area (Å²) in [5.41, 5.74) is 4.49. The van der Waals surface area contributed by atoms with Crippen molar-refractivity contribution in [3.63, 3.8) is 0 Å². The normalized spacial score (nSPS) is 14.8. The standard InChI is InChI=1S/C27H26N4O4/c1-16-23(26(32)29-18-10-6-5-7-11-18)24(17-14-21(33-2)25(35-4)22(15-17)34-3)31-20-13-9-8-12-19(20)30-27(31)28-16/h5-15,24H,1-4H3,(H,28,30)(H,29,32)/t24-/m0/s1. The monoisotopic (exact) mass is 470 g/mol. The number of ether oxygens (including phenoxy) is 3. The molecule has 1 aliphatic heterocycles. The second-order valence-corrected chi connectivity index (χ2v) is 8.14. The van der Waals surface area contributed by atoms with E-state index in [9.17, 15) is 4.79 Å². The summed E-state index contributed by atoms with van der Waals surface area (Å²) in [6.07, 6.45) is 0. The first-order chi connectivity index (χ1) is 17.0. The number of imidazole rings is 1. The summed E-state index contributed by atoms with van der Waals surface area (Å²) in [6, 6.07) is 20.5. The molecule has 3 aromatic carbocycles. The summed E-state index contributed by atoms with van der Waals surface area (Å²) >= 11 is 0. The number of hydrogen-bond donors (Lipinski definition) is 2. The Kier molecular flexibility index (Phi) is 5.78. The molecule has 0 aliphatic carbocycles. The van der Waals surface area contributed by atoms with E-state index >= 15 is 0 Å². The predicted molar refractivity (Wildman–Crippen MR) is 135 cm³/mol. The molecule has 0 saturated carbocycles. The molecule has 2 N–H and O–H groups in total. The number of rotatable bonds is 6. The molecule has 0 fully saturated rings. The van der Waals surface area contributed by atoms with Crippen molar-refractivity contribution < 1.29 is 19.0 Å². The zero-order valence-electron chi connectivity index (χ0n) is 20.0. The van der Waals surface area contributed by atoms with Gasteiger partial charge in [0.2, 0.25) is 11.7 Å². The van der Waals surface area contributed by atoms with Gasteiger partial charge in [-0.1, -0.05) is 30.3 Å². The second-order valence-electron chi connectivity index (χ2n) is 8.14. The number of hydrogen-bond acceptors (Lipinski definition) is 6. The van der Waals surface area contributed by atoms with E-state index in [-0.39, 0.29) is 5.91 Å². The molecule has 2 heterocycles. The molecule has 0 spiro atoms. The number of carbonyl (C=O) groups excluding carboxylic acids is 1. The van der Waals surface area contributed by atoms with Crippen LogP contribution in [0.15, 0.2) is 78.0 Å². The van der Waals surface area contributed by atoms with Crippen LogP contribution < -0.4 is 24.8 Å². The second kappa shape index (κ2) is 9.06. The summed E-state index contributed by atoms with van der Waals surface area (Å²) in [5, 5.41) is 6.36. The third-order valence-corrected chi connectivity index (χ3v) is 6.11. The third-order valence-electron chi connectivity index (χ3n) is 6.11. The lowest BCUT2D eigenvalue weighted by molar-refractivity contribution is -0.113. The fraction of sp³-hybridized carbons (Fsp3) is 0.185. The van der Waals surface area contributed by atoms with E-state index in [0.717, 1.165) is 16.6 Å². The van der Waals surface area contributed by atoms with Gasteiger partial charge in [-0.05, 0) is 48.9 Å². The number of anilines is 2. The van der Waals surface area contributed by atoms with Crippen LogP contribution in [0.3, 0.4) is 0 Å². The maximum atomic E-state index is 13.7. The van der Waals surface area contributed by atoms with Crippen molar-refractivity contribution in [2.24, 2.45) is 0 Å². The Labute approximate surface area is 203 Å². The van der Waals surface area contributed by atoms with E-state index in [4.69, 9.17) is 19.2 Å². The van der Waals surface area contributed by atoms with E-state index in [1.807, 2.05) is 78.2 Å². The van der Waals surface area contributed by atoms with Gasteiger partial charge < -0.3 is 24.8 Å². The lowest BCUT2D eigenvalue weighted by Gasteiger charge is -2.31. The average molecular weight is 471 g/mol. The molecular weight excluding hydrogens is 444 g/mol. The van der Waals surface area contributed by atoms with Gasteiger partial charge in [-0.15, -0.1) is 0 Å². The zero-order chi connectivity index (χ0) is 24.5. The number of aromatic nitrogens is 2. The Morgan fingerprint density at radius 1 is 0.943 bits per heavy atom. The molecule has 0 bridgehead atoms. The Morgan fingerprint density at radius 3 is 2.26 bits per heavy atom. The summed E-state index contributed by atoms with van der Waals surface area (Å²) < 4.78 is 18.8. The maximum absolute atomic E-state index is 13.7. The summed E-state index contributed by atoms with van der Waals surface area (Å²) in [4.78, 5) is 18.5. The summed E-state index contributed by atoms with van der Waals surface area (Å²) in [6.45, 7) is 1.88. The molecule has 8 heteroatoms. The molecule has 35 heavy (non-hydrogen) atoms. The first-order valence-electron chi connectivity index (χ1n) is 11.2. The number of allylic oxidation sites excluding steroid dienone is 1. The highest BCUT2D eigenvalue weighted by atomic mass is 16.5. The molecule has 1 amide bonds. The van der Waals surface area contributed by atoms with Gasteiger partial charge in [-0.2, -0.15) is 0 Å². The Balaban J connectivity index is 1.73. The SMILES string of the molecule is COc1cc([C@H]2C(C(=O)Nc3ccccc3)=C(C)Nc3nc4ccccc4n32)cc(OC)c1OC. The van der Waals surface area contributed by atoms with Crippen LogP contribution in [0.25, 0.3) is 11.0 Å². The van der Waals surface area contributed by atoms with E-state index in [1.165, 1.54) is 0 Å². The minimum Gasteiger partial charge on any atom is -0.493 e. The van der Waals surface area contributed by atoms with Crippen LogP contribution >= 0.6 is 0 Å². The van der Waals surface area contributed by atoms with Crippen molar-refractivity contribution >= 4 is 28.6 Å². The molecule has 8 nitrogen and oxygen atoms in total. The van der Waals surface area contributed by atoms with E-state index < -0.39 is 6.04 Å². The molecule has 0 radical (unpaired) electrons. The number of nitrogens with one attached hydrogen (secondary N) is 2. The van der Waals surface area contributed by atoms with E-state index in [1.54, 1.807) is 21.3 Å². The van der Waals surface area contributed by atoms with Crippen molar-refractivity contribution in [1.82, 2.24) is 9.55 Å². The Hall–Kier alpha value is -4.46. The lowest BCUT2D eigenvalue weighted by atomic mass is 9.93. The van der Waals surface area contributed by atoms with Crippen LogP contribution in [-0.4, -0.2) is 36.8 Å². The number of methoxy groups -OCH3 is 3. The third kappa shape index (κ3) is 3.82. The van der Waals surface area contributed by atoms with E-state index in [0.29, 0.717) is 40.2 Å². The molecule has 5 rings (SSSR count). The molecule has 4 aromatic rings. The van der Waals surface area contributed by atoms with Gasteiger partial charge >= 0.3 is 0 Å². The first-order valence-corrected chi connectivity index (χ1v) is 11.2. The van der Waals surface area contributed by atoms with Crippen LogP contribution in [0, 0.1) is 0 Å². The molecular formula is C27H26N4O4. The van der Waals surface area contributed by atoms with Gasteiger partial charge in [0.25, 0.3) is 5.91 Å². The van der Waals surface area contributed by atoms with Crippen LogP contribution in [-0.2, 0) is 4.79 Å². The van der Waals surface area contributed by atoms with Crippen LogP contribution in [0.2, 0.25) is 0 Å². The molecule has 1 aliphatic rings. The van der Waals surface area contributed by atoms with Crippen molar-refractivity contribution in [2.75, 3.05) is 32.0 Å². The van der Waals surface area contributed by atoms with Crippen LogP contribution in [0.5, 0.6) is 17.2 Å². The van der Waals surface area contributed by atoms with Gasteiger partial charge in [-0.3, -0.25) is 9.36 Å². The minimum absolute atomic E-state index is 0.219. The fourth-order valence-electron chi connectivity index (χ4n) is 4.55. The van der Waals surface area contributed by atoms with Gasteiger partial charge in [0.1, 0.15) is 0 Å². The molecule has 0 unspecified atom stereocenters. The van der Waals surface area contributed by atoms with Gasteiger partial charge in [0, 0.05) is 11.4 Å². The number of benzene rings is 3. The summed E-state index contributed by atoms with van der Waals surface area (Å²) in [5.74, 6) is 1.93. The smallest absolute Gasteiger partial charge is 0.255 e. The molecule has 178 valence electrons. The van der Waals surface area contributed by atoms with Crippen molar-refractivity contribution in [2.45, 2.75) is 13.0 Å². The first kappa shape index (κ1) is 22.3. The highest BCUT2D eigenvalue weighted by Gasteiger charge is 2.35. The Morgan fingerprint density at radius 2 is 1.60 bits per heavy atom. The highest BCUT2D eigenvalue weighted by Crippen LogP contribution is 2.45. The lowest BCUT2D eigenvalue weighted by Crippen LogP contribution is -2.31. The number of para-hydroxylation sites is 3. The number of fused-ring (bicyclic) bond motifs is 3. The van der Waals surface area contributed by atoms with Crippen molar-refractivity contribution in [3.8, 4) is 17.2 Å². The molecule has 1 aromatic heterocycles. The zero-order valence-corrected chi connectivity index (χ0v) is 20.0. The van der Waals surface area contributed by atoms with Gasteiger partial charge in [0.05, 0.1) is 44.0 Å². The van der Waals surface area contributed by atoms with Crippen LogP contribution in [0.4, 0.5) is 11.6 Å². The quantitative estimate of drug-likeness (QED) is 0.413. The minimum atomic E-state index is -0.504. The Bertz CT molecular complexity index is 1420. The van der Waals surface area contributed by atoms with Gasteiger partial charge in [-0.25, -0.2) is 4.98 Å².